The Labute approximate surface area is 233 Å². The van der Waals surface area contributed by atoms with Crippen molar-refractivity contribution < 1.29 is 23.5 Å². The van der Waals surface area contributed by atoms with Crippen molar-refractivity contribution in [1.82, 2.24) is 0 Å². The van der Waals surface area contributed by atoms with E-state index in [9.17, 15) is 9.59 Å². The fourth-order valence-electron chi connectivity index (χ4n) is 5.50. The second-order valence-electron chi connectivity index (χ2n) is 11.4. The number of carbonyl (C=O) groups is 2. The van der Waals surface area contributed by atoms with E-state index in [2.05, 4.69) is 45.0 Å². The molecule has 1 heterocycles. The number of ether oxygens (including phenoxy) is 2. The highest BCUT2D eigenvalue weighted by Crippen LogP contribution is 2.38. The summed E-state index contributed by atoms with van der Waals surface area (Å²) < 4.78 is 18.8. The zero-order valence-corrected chi connectivity index (χ0v) is 24.5. The van der Waals surface area contributed by atoms with Crippen molar-refractivity contribution in [2.75, 3.05) is 6.61 Å². The Morgan fingerprint density at radius 2 is 1.41 bits per heavy atom. The first kappa shape index (κ1) is 29.1. The van der Waals surface area contributed by atoms with Gasteiger partial charge in [0, 0.05) is 24.5 Å². The first-order valence-corrected chi connectivity index (χ1v) is 15.7. The molecule has 1 aliphatic heterocycles. The third-order valence-corrected chi connectivity index (χ3v) is 12.4. The minimum atomic E-state index is -2.77. The van der Waals surface area contributed by atoms with E-state index in [1.165, 1.54) is 10.4 Å². The van der Waals surface area contributed by atoms with Gasteiger partial charge < -0.3 is 13.9 Å². The number of carbonyl (C=O) groups excluding carboxylic acids is 2. The van der Waals surface area contributed by atoms with Gasteiger partial charge in [-0.2, -0.15) is 0 Å². The van der Waals surface area contributed by atoms with Crippen LogP contribution in [0.25, 0.3) is 0 Å². The molecule has 4 rings (SSSR count). The summed E-state index contributed by atoms with van der Waals surface area (Å²) in [4.78, 5) is 25.9. The van der Waals surface area contributed by atoms with Crippen LogP contribution in [0.3, 0.4) is 0 Å². The second kappa shape index (κ2) is 13.0. The Bertz CT molecular complexity index is 1170. The highest BCUT2D eigenvalue weighted by molar-refractivity contribution is 6.99. The Kier molecular flexibility index (Phi) is 9.67. The quantitative estimate of drug-likeness (QED) is 0.227. The predicted molar refractivity (Wildman–Crippen MR) is 157 cm³/mol. The fraction of sp³-hybridized carbons (Fsp3) is 0.394. The number of rotatable bonds is 11. The van der Waals surface area contributed by atoms with E-state index in [0.29, 0.717) is 13.0 Å². The SMILES string of the molecule is C[C@H](CC(=O)CC(=O)C[C@@H]1CCO[C@H](c2ccccc2)O1)O[Si](c1ccccc1)(c1ccccc1)C(C)(C)C. The van der Waals surface area contributed by atoms with Gasteiger partial charge in [0.15, 0.2) is 6.29 Å². The van der Waals surface area contributed by atoms with Crippen LogP contribution < -0.4 is 10.4 Å². The molecule has 6 heteroatoms. The second-order valence-corrected chi connectivity index (χ2v) is 15.7. The molecule has 0 N–H and O–H groups in total. The normalized spacial score (nSPS) is 18.9. The van der Waals surface area contributed by atoms with E-state index in [4.69, 9.17) is 13.9 Å². The topological polar surface area (TPSA) is 61.8 Å². The molecular weight excluding hydrogens is 504 g/mol. The minimum absolute atomic E-state index is 0.0999. The number of hydrogen-bond acceptors (Lipinski definition) is 5. The Morgan fingerprint density at radius 1 is 0.872 bits per heavy atom. The molecule has 3 atom stereocenters. The van der Waals surface area contributed by atoms with Crippen molar-refractivity contribution in [1.29, 1.82) is 0 Å². The minimum Gasteiger partial charge on any atom is -0.404 e. The number of benzene rings is 3. The summed E-state index contributed by atoms with van der Waals surface area (Å²) in [5, 5.41) is 2.16. The van der Waals surface area contributed by atoms with Gasteiger partial charge in [0.2, 0.25) is 0 Å². The Hall–Kier alpha value is -2.90. The van der Waals surface area contributed by atoms with Gasteiger partial charge in [-0.1, -0.05) is 112 Å². The lowest BCUT2D eigenvalue weighted by molar-refractivity contribution is -0.217. The van der Waals surface area contributed by atoms with Gasteiger partial charge >= 0.3 is 0 Å². The van der Waals surface area contributed by atoms with Gasteiger partial charge in [-0.15, -0.1) is 0 Å². The number of hydrogen-bond donors (Lipinski definition) is 0. The third-order valence-electron chi connectivity index (χ3n) is 7.26. The zero-order valence-electron chi connectivity index (χ0n) is 23.5. The molecule has 0 bridgehead atoms. The van der Waals surface area contributed by atoms with Gasteiger partial charge in [0.05, 0.1) is 19.1 Å². The third kappa shape index (κ3) is 7.20. The molecule has 0 spiro atoms. The van der Waals surface area contributed by atoms with Crippen LogP contribution in [0.15, 0.2) is 91.0 Å². The van der Waals surface area contributed by atoms with E-state index in [1.54, 1.807) is 0 Å². The van der Waals surface area contributed by atoms with Gasteiger partial charge in [0.25, 0.3) is 8.32 Å². The van der Waals surface area contributed by atoms with Crippen LogP contribution in [-0.2, 0) is 23.5 Å². The Morgan fingerprint density at radius 3 is 1.95 bits per heavy atom. The van der Waals surface area contributed by atoms with Crippen molar-refractivity contribution in [3.05, 3.63) is 96.6 Å². The summed E-state index contributed by atoms with van der Waals surface area (Å²) in [6, 6.07) is 30.5. The van der Waals surface area contributed by atoms with Gasteiger partial charge in [-0.25, -0.2) is 0 Å². The van der Waals surface area contributed by atoms with Crippen molar-refractivity contribution >= 4 is 30.3 Å². The molecule has 0 radical (unpaired) electrons. The van der Waals surface area contributed by atoms with E-state index in [0.717, 1.165) is 5.56 Å². The van der Waals surface area contributed by atoms with Crippen molar-refractivity contribution in [2.24, 2.45) is 0 Å². The largest absolute Gasteiger partial charge is 0.404 e. The predicted octanol–water partition coefficient (Wildman–Crippen LogP) is 5.76. The summed E-state index contributed by atoms with van der Waals surface area (Å²) in [7, 11) is -2.77. The van der Waals surface area contributed by atoms with E-state index in [-0.39, 0.29) is 48.1 Å². The average molecular weight is 545 g/mol. The highest BCUT2D eigenvalue weighted by Gasteiger charge is 2.51. The molecule has 3 aromatic carbocycles. The molecule has 5 nitrogen and oxygen atoms in total. The molecular formula is C33H40O5Si. The molecule has 0 aromatic heterocycles. The Balaban J connectivity index is 1.41. The summed E-state index contributed by atoms with van der Waals surface area (Å²) in [6.45, 7) is 9.12. The molecule has 39 heavy (non-hydrogen) atoms. The fourth-order valence-corrected chi connectivity index (χ4v) is 10.2. The number of ketones is 2. The molecule has 1 fully saturated rings. The highest BCUT2D eigenvalue weighted by atomic mass is 28.4. The van der Waals surface area contributed by atoms with E-state index < -0.39 is 14.6 Å². The lowest BCUT2D eigenvalue weighted by atomic mass is 10.0. The standard InChI is InChI=1S/C33H40O5Si/c1-25(38-39(33(2,3)4,30-16-10-6-11-17-30)31-18-12-7-13-19-31)22-27(34)23-28(35)24-29-20-21-36-32(37-29)26-14-8-5-9-15-26/h5-19,25,29,32H,20-24H2,1-4H3/t25-,29+,32+/m1/s1. The molecule has 0 saturated carbocycles. The van der Waals surface area contributed by atoms with Crippen molar-refractivity contribution in [3.63, 3.8) is 0 Å². The average Bonchev–Trinajstić information content (AvgIpc) is 2.92. The van der Waals surface area contributed by atoms with Gasteiger partial charge in [-0.3, -0.25) is 9.59 Å². The number of Topliss-reactive ketones (excluding diaryl/α,β-unsaturated/α-hetero) is 2. The van der Waals surface area contributed by atoms with Crippen LogP contribution >= 0.6 is 0 Å². The maximum Gasteiger partial charge on any atom is 0.261 e. The molecule has 0 unspecified atom stereocenters. The summed E-state index contributed by atoms with van der Waals surface area (Å²) in [6.07, 6.45) is -0.136. The molecule has 206 valence electrons. The van der Waals surface area contributed by atoms with Crippen LogP contribution in [0.2, 0.25) is 5.04 Å². The van der Waals surface area contributed by atoms with Crippen LogP contribution in [0.5, 0.6) is 0 Å². The first-order chi connectivity index (χ1) is 18.7. The van der Waals surface area contributed by atoms with Gasteiger partial charge in [0.1, 0.15) is 11.6 Å². The molecule has 1 aliphatic rings. The maximum absolute atomic E-state index is 13.0. The van der Waals surface area contributed by atoms with Crippen molar-refractivity contribution in [2.45, 2.75) is 76.9 Å². The molecule has 0 amide bonds. The first-order valence-electron chi connectivity index (χ1n) is 13.8. The molecule has 1 saturated heterocycles. The molecule has 0 aliphatic carbocycles. The smallest absolute Gasteiger partial charge is 0.261 e. The van der Waals surface area contributed by atoms with E-state index in [1.807, 2.05) is 73.7 Å². The molecule has 3 aromatic rings. The summed E-state index contributed by atoms with van der Waals surface area (Å²) in [5.74, 6) is -0.200. The van der Waals surface area contributed by atoms with Gasteiger partial charge in [-0.05, 0) is 28.8 Å². The van der Waals surface area contributed by atoms with E-state index >= 15 is 0 Å². The lowest BCUT2D eigenvalue weighted by Crippen LogP contribution is -2.67. The zero-order chi connectivity index (χ0) is 27.9. The van der Waals surface area contributed by atoms with Crippen LogP contribution in [0.4, 0.5) is 0 Å². The van der Waals surface area contributed by atoms with Crippen molar-refractivity contribution in [3.8, 4) is 0 Å². The lowest BCUT2D eigenvalue weighted by Gasteiger charge is -2.44. The van der Waals surface area contributed by atoms with Crippen LogP contribution in [0, 0.1) is 0 Å². The maximum atomic E-state index is 13.0. The monoisotopic (exact) mass is 544 g/mol. The summed E-state index contributed by atoms with van der Waals surface area (Å²) >= 11 is 0. The van der Waals surface area contributed by atoms with Crippen LogP contribution in [0.1, 0.15) is 65.2 Å². The van der Waals surface area contributed by atoms with Crippen LogP contribution in [-0.4, -0.2) is 38.7 Å². The summed E-state index contributed by atoms with van der Waals surface area (Å²) in [5.41, 5.74) is 0.931.